The van der Waals surface area contributed by atoms with E-state index in [1.165, 1.54) is 5.56 Å². The Bertz CT molecular complexity index is 541. The minimum absolute atomic E-state index is 0.321. The molecule has 0 amide bonds. The molecule has 0 saturated heterocycles. The van der Waals surface area contributed by atoms with Crippen LogP contribution in [0.3, 0.4) is 0 Å². The van der Waals surface area contributed by atoms with Crippen LogP contribution < -0.4 is 11.1 Å². The van der Waals surface area contributed by atoms with Crippen LogP contribution in [-0.4, -0.2) is 16.3 Å². The minimum Gasteiger partial charge on any atom is -0.399 e. The van der Waals surface area contributed by atoms with Gasteiger partial charge in [-0.25, -0.2) is 4.68 Å². The summed E-state index contributed by atoms with van der Waals surface area (Å²) >= 11 is 0. The molecule has 0 spiro atoms. The summed E-state index contributed by atoms with van der Waals surface area (Å²) in [6, 6.07) is 10.6. The van der Waals surface area contributed by atoms with Crippen LogP contribution in [0, 0.1) is 0 Å². The Hall–Kier alpha value is -1.97. The highest BCUT2D eigenvalue weighted by molar-refractivity contribution is 5.44. The monoisotopic (exact) mass is 242 g/mol. The normalized spacial score (nSPS) is 18.2. The topological polar surface area (TPSA) is 55.9 Å². The van der Waals surface area contributed by atoms with Crippen LogP contribution in [0.1, 0.15) is 30.6 Å². The molecular formula is C14H18N4. The van der Waals surface area contributed by atoms with Gasteiger partial charge in [-0.15, -0.1) is 0 Å². The van der Waals surface area contributed by atoms with Crippen molar-refractivity contribution in [1.82, 2.24) is 9.78 Å². The third-order valence-corrected chi connectivity index (χ3v) is 3.49. The first kappa shape index (κ1) is 11.1. The van der Waals surface area contributed by atoms with Crippen LogP contribution in [0.2, 0.25) is 0 Å². The van der Waals surface area contributed by atoms with Gasteiger partial charge in [0.2, 0.25) is 0 Å². The number of nitrogens with one attached hydrogen (secondary N) is 1. The number of aromatic nitrogens is 2. The second kappa shape index (κ2) is 4.37. The van der Waals surface area contributed by atoms with Gasteiger partial charge in [0.05, 0.1) is 11.7 Å². The van der Waals surface area contributed by atoms with Crippen molar-refractivity contribution in [2.24, 2.45) is 0 Å². The fourth-order valence-electron chi connectivity index (χ4n) is 2.47. The van der Waals surface area contributed by atoms with E-state index >= 15 is 0 Å². The van der Waals surface area contributed by atoms with Crippen molar-refractivity contribution in [2.75, 3.05) is 17.6 Å². The molecule has 1 aliphatic rings. The molecule has 2 aromatic rings. The van der Waals surface area contributed by atoms with Gasteiger partial charge in [-0.1, -0.05) is 19.1 Å². The van der Waals surface area contributed by atoms with Crippen molar-refractivity contribution < 1.29 is 0 Å². The highest BCUT2D eigenvalue weighted by Gasteiger charge is 2.22. The number of anilines is 2. The standard InChI is InChI=1S/C14H18N4/c1-2-12-9-14-16-8-7-13(18(14)17-12)10-3-5-11(15)6-4-10/h3-6,9,13,16H,2,7-8,15H2,1H3. The molecule has 18 heavy (non-hydrogen) atoms. The van der Waals surface area contributed by atoms with Gasteiger partial charge in [-0.3, -0.25) is 0 Å². The van der Waals surface area contributed by atoms with Crippen molar-refractivity contribution in [2.45, 2.75) is 25.8 Å². The molecule has 1 aromatic heterocycles. The van der Waals surface area contributed by atoms with Gasteiger partial charge in [-0.2, -0.15) is 5.10 Å². The van der Waals surface area contributed by atoms with E-state index in [4.69, 9.17) is 5.73 Å². The molecule has 1 unspecified atom stereocenters. The number of fused-ring (bicyclic) bond motifs is 1. The summed E-state index contributed by atoms with van der Waals surface area (Å²) in [5, 5.41) is 8.08. The molecule has 1 aliphatic heterocycles. The van der Waals surface area contributed by atoms with Crippen LogP contribution in [0.4, 0.5) is 11.5 Å². The van der Waals surface area contributed by atoms with Crippen molar-refractivity contribution in [3.05, 3.63) is 41.6 Å². The van der Waals surface area contributed by atoms with Crippen molar-refractivity contribution in [3.8, 4) is 0 Å². The molecule has 0 saturated carbocycles. The van der Waals surface area contributed by atoms with Crippen molar-refractivity contribution in [1.29, 1.82) is 0 Å². The lowest BCUT2D eigenvalue weighted by Crippen LogP contribution is -2.24. The van der Waals surface area contributed by atoms with Gasteiger partial charge in [0.15, 0.2) is 0 Å². The van der Waals surface area contributed by atoms with Crippen molar-refractivity contribution in [3.63, 3.8) is 0 Å². The summed E-state index contributed by atoms with van der Waals surface area (Å²) in [5.74, 6) is 1.12. The second-order valence-corrected chi connectivity index (χ2v) is 4.72. The molecular weight excluding hydrogens is 224 g/mol. The molecule has 0 fully saturated rings. The van der Waals surface area contributed by atoms with E-state index in [0.717, 1.165) is 36.6 Å². The van der Waals surface area contributed by atoms with E-state index in [2.05, 4.69) is 40.2 Å². The van der Waals surface area contributed by atoms with Gasteiger partial charge in [0, 0.05) is 18.3 Å². The number of hydrogen-bond acceptors (Lipinski definition) is 3. The maximum absolute atomic E-state index is 5.74. The molecule has 3 N–H and O–H groups in total. The van der Waals surface area contributed by atoms with Gasteiger partial charge in [-0.05, 0) is 30.5 Å². The third-order valence-electron chi connectivity index (χ3n) is 3.49. The third kappa shape index (κ3) is 1.83. The molecule has 1 aromatic carbocycles. The van der Waals surface area contributed by atoms with E-state index in [9.17, 15) is 0 Å². The largest absolute Gasteiger partial charge is 0.399 e. The number of benzene rings is 1. The maximum Gasteiger partial charge on any atom is 0.125 e. The number of rotatable bonds is 2. The van der Waals surface area contributed by atoms with E-state index < -0.39 is 0 Å². The highest BCUT2D eigenvalue weighted by Crippen LogP contribution is 2.30. The van der Waals surface area contributed by atoms with Crippen LogP contribution in [-0.2, 0) is 6.42 Å². The van der Waals surface area contributed by atoms with Gasteiger partial charge in [0.25, 0.3) is 0 Å². The van der Waals surface area contributed by atoms with Gasteiger partial charge < -0.3 is 11.1 Å². The highest BCUT2D eigenvalue weighted by atomic mass is 15.4. The Kier molecular flexibility index (Phi) is 2.70. The lowest BCUT2D eigenvalue weighted by atomic mass is 10.0. The first-order chi connectivity index (χ1) is 8.78. The van der Waals surface area contributed by atoms with Crippen molar-refractivity contribution >= 4 is 11.5 Å². The second-order valence-electron chi connectivity index (χ2n) is 4.72. The molecule has 0 aliphatic carbocycles. The molecule has 94 valence electrons. The fourth-order valence-corrected chi connectivity index (χ4v) is 2.47. The molecule has 1 atom stereocenters. The number of nitrogens with two attached hydrogens (primary N) is 1. The van der Waals surface area contributed by atoms with Crippen LogP contribution in [0.15, 0.2) is 30.3 Å². The Morgan fingerprint density at radius 1 is 1.39 bits per heavy atom. The van der Waals surface area contributed by atoms with E-state index in [-0.39, 0.29) is 0 Å². The smallest absolute Gasteiger partial charge is 0.125 e. The van der Waals surface area contributed by atoms with Crippen LogP contribution in [0.5, 0.6) is 0 Å². The molecule has 2 heterocycles. The summed E-state index contributed by atoms with van der Waals surface area (Å²) in [7, 11) is 0. The first-order valence-corrected chi connectivity index (χ1v) is 6.45. The average molecular weight is 242 g/mol. The zero-order valence-electron chi connectivity index (χ0n) is 10.6. The lowest BCUT2D eigenvalue weighted by molar-refractivity contribution is 0.478. The summed E-state index contributed by atoms with van der Waals surface area (Å²) in [6.07, 6.45) is 2.03. The number of nitrogen functional groups attached to an aromatic ring is 1. The summed E-state index contributed by atoms with van der Waals surface area (Å²) in [5.41, 5.74) is 8.96. The quantitative estimate of drug-likeness (QED) is 0.795. The van der Waals surface area contributed by atoms with Gasteiger partial charge >= 0.3 is 0 Å². The molecule has 4 heteroatoms. The predicted molar refractivity (Wildman–Crippen MR) is 73.7 cm³/mol. The zero-order chi connectivity index (χ0) is 12.5. The molecule has 4 nitrogen and oxygen atoms in total. The summed E-state index contributed by atoms with van der Waals surface area (Å²) < 4.78 is 2.11. The fraction of sp³-hybridized carbons (Fsp3) is 0.357. The molecule has 0 bridgehead atoms. The van der Waals surface area contributed by atoms with Crippen LogP contribution in [0.25, 0.3) is 0 Å². The zero-order valence-corrected chi connectivity index (χ0v) is 10.6. The van der Waals surface area contributed by atoms with Crippen LogP contribution >= 0.6 is 0 Å². The predicted octanol–water partition coefficient (Wildman–Crippen LogP) is 2.43. The molecule has 0 radical (unpaired) electrons. The Labute approximate surface area is 107 Å². The number of aryl methyl sites for hydroxylation is 1. The Morgan fingerprint density at radius 3 is 2.89 bits per heavy atom. The van der Waals surface area contributed by atoms with E-state index in [1.54, 1.807) is 0 Å². The number of hydrogen-bond donors (Lipinski definition) is 2. The SMILES string of the molecule is CCc1cc2n(n1)C(c1ccc(N)cc1)CCN2. The lowest BCUT2D eigenvalue weighted by Gasteiger charge is -2.26. The van der Waals surface area contributed by atoms with E-state index in [0.29, 0.717) is 6.04 Å². The Morgan fingerprint density at radius 2 is 2.17 bits per heavy atom. The van der Waals surface area contributed by atoms with E-state index in [1.807, 2.05) is 12.1 Å². The Balaban J connectivity index is 2.00. The summed E-state index contributed by atoms with van der Waals surface area (Å²) in [6.45, 7) is 3.12. The number of nitrogens with zero attached hydrogens (tertiary/aromatic N) is 2. The minimum atomic E-state index is 0.321. The molecule has 3 rings (SSSR count). The first-order valence-electron chi connectivity index (χ1n) is 6.45. The summed E-state index contributed by atoms with van der Waals surface area (Å²) in [4.78, 5) is 0. The van der Waals surface area contributed by atoms with Gasteiger partial charge in [0.1, 0.15) is 5.82 Å². The average Bonchev–Trinajstić information content (AvgIpc) is 2.82. The maximum atomic E-state index is 5.74.